The largest absolute Gasteiger partial charge is 0.377 e. The number of rotatable bonds is 9. The minimum Gasteiger partial charge on any atom is -0.377 e. The predicted octanol–water partition coefficient (Wildman–Crippen LogP) is 1.54. The van der Waals surface area contributed by atoms with Gasteiger partial charge in [0.2, 0.25) is 0 Å². The molecule has 4 nitrogen and oxygen atoms in total. The number of hydrogen-bond donors (Lipinski definition) is 0. The topological polar surface area (TPSA) is 27.7 Å². The maximum Gasteiger partial charge on any atom is 0.102 e. The van der Waals surface area contributed by atoms with E-state index in [1.165, 1.54) is 0 Å². The van der Waals surface area contributed by atoms with E-state index in [0.717, 1.165) is 17.6 Å². The molecule has 0 aromatic heterocycles. The summed E-state index contributed by atoms with van der Waals surface area (Å²) in [5.41, 5.74) is -0.0789. The maximum absolute atomic E-state index is 5.53. The van der Waals surface area contributed by atoms with Crippen molar-refractivity contribution in [1.29, 1.82) is 0 Å². The minimum atomic E-state index is -0.0789. The first-order valence-electron chi connectivity index (χ1n) is 6.31. The van der Waals surface area contributed by atoms with Crippen LogP contribution in [0.25, 0.3) is 0 Å². The summed E-state index contributed by atoms with van der Waals surface area (Å²) in [6.07, 6.45) is 0. The van der Waals surface area contributed by atoms with Crippen LogP contribution in [0.3, 0.4) is 0 Å². The molecule has 0 aliphatic rings. The van der Waals surface area contributed by atoms with Crippen LogP contribution in [0.5, 0.6) is 0 Å². The van der Waals surface area contributed by atoms with Gasteiger partial charge in [0, 0.05) is 0 Å². The lowest BCUT2D eigenvalue weighted by Crippen LogP contribution is -2.37. The van der Waals surface area contributed by atoms with E-state index in [2.05, 4.69) is 21.1 Å². The Hall–Kier alpha value is -0.160. The highest BCUT2D eigenvalue weighted by molar-refractivity contribution is 4.57. The predicted molar refractivity (Wildman–Crippen MR) is 70.2 cm³/mol. The summed E-state index contributed by atoms with van der Waals surface area (Å²) in [7, 11) is 6.47. The maximum atomic E-state index is 5.53. The summed E-state index contributed by atoms with van der Waals surface area (Å²) in [5.74, 6) is 0. The molecule has 0 spiro atoms. The molecule has 0 aromatic carbocycles. The summed E-state index contributed by atoms with van der Waals surface area (Å²) in [6, 6.07) is 0. The first kappa shape index (κ1) is 16.8. The lowest BCUT2D eigenvalue weighted by atomic mass is 10.2. The molecule has 0 saturated carbocycles. The number of quaternary nitrogens is 1. The van der Waals surface area contributed by atoms with Crippen molar-refractivity contribution in [2.75, 3.05) is 60.7 Å². The number of ether oxygens (including phenoxy) is 3. The van der Waals surface area contributed by atoms with Gasteiger partial charge in [-0.1, -0.05) is 0 Å². The second-order valence-corrected chi connectivity index (χ2v) is 6.20. The second kappa shape index (κ2) is 8.03. The highest BCUT2D eigenvalue weighted by Gasteiger charge is 2.09. The van der Waals surface area contributed by atoms with Crippen LogP contribution in [0, 0.1) is 0 Å². The van der Waals surface area contributed by atoms with E-state index in [1.807, 2.05) is 20.8 Å². The molecule has 0 rings (SSSR count). The van der Waals surface area contributed by atoms with E-state index >= 15 is 0 Å². The lowest BCUT2D eigenvalue weighted by Gasteiger charge is -2.23. The van der Waals surface area contributed by atoms with Crippen LogP contribution < -0.4 is 0 Å². The molecule has 0 atom stereocenters. The normalized spacial score (nSPS) is 13.1. The second-order valence-electron chi connectivity index (χ2n) is 6.20. The fraction of sp³-hybridized carbons (Fsp3) is 1.00. The van der Waals surface area contributed by atoms with Crippen molar-refractivity contribution >= 4 is 0 Å². The Balaban J connectivity index is 3.15. The first-order valence-corrected chi connectivity index (χ1v) is 6.31. The highest BCUT2D eigenvalue weighted by Crippen LogP contribution is 2.05. The van der Waals surface area contributed by atoms with Gasteiger partial charge in [-0.3, -0.25) is 0 Å². The van der Waals surface area contributed by atoms with Gasteiger partial charge in [-0.15, -0.1) is 0 Å². The Labute approximate surface area is 106 Å². The zero-order valence-corrected chi connectivity index (χ0v) is 12.4. The molecule has 0 aliphatic carbocycles. The zero-order valence-electron chi connectivity index (χ0n) is 12.4. The molecule has 0 heterocycles. The van der Waals surface area contributed by atoms with Crippen LogP contribution in [0.15, 0.2) is 0 Å². The molecule has 0 aromatic rings. The van der Waals surface area contributed by atoms with Crippen LogP contribution in [-0.4, -0.2) is 70.8 Å². The van der Waals surface area contributed by atoms with Gasteiger partial charge in [-0.05, 0) is 20.8 Å². The number of nitrogens with zero attached hydrogens (tertiary/aromatic N) is 1. The van der Waals surface area contributed by atoms with E-state index in [1.54, 1.807) is 0 Å². The van der Waals surface area contributed by atoms with Gasteiger partial charge in [0.05, 0.1) is 59.8 Å². The SMILES string of the molecule is CC(C)(C)OCCOCCOCC[N+](C)(C)C. The molecule has 0 aliphatic heterocycles. The van der Waals surface area contributed by atoms with E-state index < -0.39 is 0 Å². The fourth-order valence-electron chi connectivity index (χ4n) is 1.07. The van der Waals surface area contributed by atoms with Crippen molar-refractivity contribution in [1.82, 2.24) is 0 Å². The quantitative estimate of drug-likeness (QED) is 0.457. The standard InChI is InChI=1S/C13H30NO3/c1-13(2,3)17-12-11-16-10-9-15-8-7-14(4,5)6/h7-12H2,1-6H3/q+1. The molecule has 0 saturated heterocycles. The summed E-state index contributed by atoms with van der Waals surface area (Å²) in [6.45, 7) is 10.5. The van der Waals surface area contributed by atoms with Gasteiger partial charge in [-0.25, -0.2) is 0 Å². The Kier molecular flexibility index (Phi) is 7.96. The zero-order chi connectivity index (χ0) is 13.4. The first-order chi connectivity index (χ1) is 7.71. The van der Waals surface area contributed by atoms with Crippen LogP contribution in [0.4, 0.5) is 0 Å². The van der Waals surface area contributed by atoms with Crippen LogP contribution >= 0.6 is 0 Å². The van der Waals surface area contributed by atoms with Crippen molar-refractivity contribution in [3.63, 3.8) is 0 Å². The molecule has 0 amide bonds. The molecule has 104 valence electrons. The average molecular weight is 248 g/mol. The third kappa shape index (κ3) is 15.8. The molecule has 0 unspecified atom stereocenters. The van der Waals surface area contributed by atoms with Crippen molar-refractivity contribution < 1.29 is 18.7 Å². The molecule has 0 bridgehead atoms. The fourth-order valence-corrected chi connectivity index (χ4v) is 1.07. The Morgan fingerprint density at radius 3 is 1.71 bits per heavy atom. The molecule has 17 heavy (non-hydrogen) atoms. The molecule has 4 heteroatoms. The Bertz CT molecular complexity index is 162. The molecule has 0 fully saturated rings. The van der Waals surface area contributed by atoms with Crippen molar-refractivity contribution in [3.05, 3.63) is 0 Å². The van der Waals surface area contributed by atoms with Gasteiger partial charge in [-0.2, -0.15) is 0 Å². The van der Waals surface area contributed by atoms with Gasteiger partial charge < -0.3 is 18.7 Å². The third-order valence-electron chi connectivity index (χ3n) is 2.04. The minimum absolute atomic E-state index is 0.0789. The summed E-state index contributed by atoms with van der Waals surface area (Å²) in [5, 5.41) is 0. The smallest absolute Gasteiger partial charge is 0.102 e. The summed E-state index contributed by atoms with van der Waals surface area (Å²) in [4.78, 5) is 0. The monoisotopic (exact) mass is 248 g/mol. The number of likely N-dealkylation sites (N-methyl/N-ethyl adjacent to an activating group) is 1. The van der Waals surface area contributed by atoms with E-state index in [4.69, 9.17) is 14.2 Å². The molecular weight excluding hydrogens is 218 g/mol. The molecular formula is C13H30NO3+. The van der Waals surface area contributed by atoms with Crippen LogP contribution in [0.1, 0.15) is 20.8 Å². The van der Waals surface area contributed by atoms with E-state index in [-0.39, 0.29) is 5.60 Å². The van der Waals surface area contributed by atoms with Gasteiger partial charge in [0.1, 0.15) is 6.54 Å². The van der Waals surface area contributed by atoms with Crippen LogP contribution in [-0.2, 0) is 14.2 Å². The average Bonchev–Trinajstić information content (AvgIpc) is 2.11. The van der Waals surface area contributed by atoms with Gasteiger partial charge in [0.25, 0.3) is 0 Å². The van der Waals surface area contributed by atoms with Crippen molar-refractivity contribution in [2.24, 2.45) is 0 Å². The van der Waals surface area contributed by atoms with Crippen LogP contribution in [0.2, 0.25) is 0 Å². The third-order valence-corrected chi connectivity index (χ3v) is 2.04. The summed E-state index contributed by atoms with van der Waals surface area (Å²) < 4.78 is 17.3. The lowest BCUT2D eigenvalue weighted by molar-refractivity contribution is -0.870. The van der Waals surface area contributed by atoms with E-state index in [9.17, 15) is 0 Å². The van der Waals surface area contributed by atoms with Gasteiger partial charge in [0.15, 0.2) is 0 Å². The molecule has 0 radical (unpaired) electrons. The summed E-state index contributed by atoms with van der Waals surface area (Å²) >= 11 is 0. The Morgan fingerprint density at radius 1 is 0.765 bits per heavy atom. The van der Waals surface area contributed by atoms with Gasteiger partial charge >= 0.3 is 0 Å². The Morgan fingerprint density at radius 2 is 1.24 bits per heavy atom. The van der Waals surface area contributed by atoms with E-state index in [0.29, 0.717) is 26.4 Å². The highest BCUT2D eigenvalue weighted by atomic mass is 16.5. The van der Waals surface area contributed by atoms with Crippen molar-refractivity contribution in [2.45, 2.75) is 26.4 Å². The van der Waals surface area contributed by atoms with Crippen molar-refractivity contribution in [3.8, 4) is 0 Å². The molecule has 0 N–H and O–H groups in total. The number of hydrogen-bond acceptors (Lipinski definition) is 3.